The highest BCUT2D eigenvalue weighted by atomic mass is 32.1. The van der Waals surface area contributed by atoms with Gasteiger partial charge in [-0.2, -0.15) is 5.10 Å². The van der Waals surface area contributed by atoms with Crippen molar-refractivity contribution in [3.63, 3.8) is 0 Å². The second-order valence-corrected chi connectivity index (χ2v) is 6.45. The SMILES string of the molecule is CCOC(=O)Cc1csc(NN=Cc2ccccc2-c2cccc(F)c2)n1. The number of nitrogens with one attached hydrogen (secondary N) is 1. The normalized spacial score (nSPS) is 10.9. The fourth-order valence-electron chi connectivity index (χ4n) is 2.48. The maximum Gasteiger partial charge on any atom is 0.311 e. The van der Waals surface area contributed by atoms with E-state index in [2.05, 4.69) is 15.5 Å². The van der Waals surface area contributed by atoms with Crippen molar-refractivity contribution in [2.24, 2.45) is 5.10 Å². The summed E-state index contributed by atoms with van der Waals surface area (Å²) in [5.41, 5.74) is 6.00. The quantitative estimate of drug-likeness (QED) is 0.371. The first-order valence-electron chi connectivity index (χ1n) is 8.40. The number of aromatic nitrogens is 1. The molecule has 0 saturated carbocycles. The molecule has 3 rings (SSSR count). The van der Waals surface area contributed by atoms with Crippen LogP contribution in [0.1, 0.15) is 18.2 Å². The van der Waals surface area contributed by atoms with Crippen LogP contribution in [0, 0.1) is 5.82 Å². The molecule has 1 heterocycles. The van der Waals surface area contributed by atoms with Crippen molar-refractivity contribution >= 4 is 28.7 Å². The van der Waals surface area contributed by atoms with Gasteiger partial charge in [0.1, 0.15) is 5.82 Å². The third-order valence-corrected chi connectivity index (χ3v) is 4.44. The van der Waals surface area contributed by atoms with Gasteiger partial charge in [0.05, 0.1) is 24.9 Å². The molecule has 0 amide bonds. The predicted molar refractivity (Wildman–Crippen MR) is 106 cm³/mol. The Hall–Kier alpha value is -3.06. The van der Waals surface area contributed by atoms with E-state index in [4.69, 9.17) is 4.74 Å². The van der Waals surface area contributed by atoms with Crippen molar-refractivity contribution in [3.8, 4) is 11.1 Å². The van der Waals surface area contributed by atoms with Crippen LogP contribution >= 0.6 is 11.3 Å². The minimum Gasteiger partial charge on any atom is -0.466 e. The second-order valence-electron chi connectivity index (χ2n) is 5.59. The van der Waals surface area contributed by atoms with Gasteiger partial charge in [0.2, 0.25) is 5.13 Å². The van der Waals surface area contributed by atoms with Gasteiger partial charge in [0, 0.05) is 10.9 Å². The van der Waals surface area contributed by atoms with E-state index >= 15 is 0 Å². The van der Waals surface area contributed by atoms with Gasteiger partial charge in [-0.1, -0.05) is 36.4 Å². The molecule has 0 bridgehead atoms. The lowest BCUT2D eigenvalue weighted by molar-refractivity contribution is -0.142. The van der Waals surface area contributed by atoms with E-state index in [0.29, 0.717) is 17.4 Å². The van der Waals surface area contributed by atoms with Crippen molar-refractivity contribution < 1.29 is 13.9 Å². The summed E-state index contributed by atoms with van der Waals surface area (Å²) in [5, 5.41) is 6.58. The van der Waals surface area contributed by atoms with E-state index in [1.54, 1.807) is 24.6 Å². The fraction of sp³-hybridized carbons (Fsp3) is 0.150. The minimum atomic E-state index is -0.304. The van der Waals surface area contributed by atoms with Gasteiger partial charge in [-0.15, -0.1) is 11.3 Å². The summed E-state index contributed by atoms with van der Waals surface area (Å²) in [7, 11) is 0. The molecule has 5 nitrogen and oxygen atoms in total. The van der Waals surface area contributed by atoms with Crippen LogP contribution < -0.4 is 5.43 Å². The number of carbonyl (C=O) groups is 1. The summed E-state index contributed by atoms with van der Waals surface area (Å²) in [6, 6.07) is 14.0. The van der Waals surface area contributed by atoms with Crippen molar-refractivity contribution in [2.45, 2.75) is 13.3 Å². The third kappa shape index (κ3) is 5.21. The predicted octanol–water partition coefficient (Wildman–Crippen LogP) is 4.50. The third-order valence-electron chi connectivity index (χ3n) is 3.64. The van der Waals surface area contributed by atoms with E-state index in [1.165, 1.54) is 23.5 Å². The fourth-order valence-corrected chi connectivity index (χ4v) is 3.14. The molecule has 138 valence electrons. The molecule has 27 heavy (non-hydrogen) atoms. The number of hydrogen-bond acceptors (Lipinski definition) is 6. The maximum atomic E-state index is 13.5. The van der Waals surface area contributed by atoms with Gasteiger partial charge < -0.3 is 4.74 Å². The van der Waals surface area contributed by atoms with Crippen LogP contribution in [-0.4, -0.2) is 23.8 Å². The van der Waals surface area contributed by atoms with Crippen molar-refractivity contribution in [2.75, 3.05) is 12.0 Å². The van der Waals surface area contributed by atoms with Gasteiger partial charge in [-0.05, 0) is 30.2 Å². The molecular formula is C20H18FN3O2S. The first kappa shape index (κ1) is 18.7. The standard InChI is InChI=1S/C20H18FN3O2S/c1-2-26-19(25)11-17-13-27-20(23-17)24-22-12-15-6-3-4-9-18(15)14-7-5-8-16(21)10-14/h3-10,12-13H,2,11H2,1H3,(H,23,24). The number of hydrazone groups is 1. The number of nitrogens with zero attached hydrogens (tertiary/aromatic N) is 2. The highest BCUT2D eigenvalue weighted by molar-refractivity contribution is 7.13. The average molecular weight is 383 g/mol. The van der Waals surface area contributed by atoms with Crippen molar-refractivity contribution in [1.82, 2.24) is 4.98 Å². The summed E-state index contributed by atoms with van der Waals surface area (Å²) >= 11 is 1.35. The van der Waals surface area contributed by atoms with E-state index < -0.39 is 0 Å². The molecule has 0 aliphatic carbocycles. The first-order valence-corrected chi connectivity index (χ1v) is 9.27. The second kappa shape index (κ2) is 9.05. The van der Waals surface area contributed by atoms with Crippen LogP contribution in [0.2, 0.25) is 0 Å². The van der Waals surface area contributed by atoms with Crippen molar-refractivity contribution in [3.05, 3.63) is 71.0 Å². The Kier molecular flexibility index (Phi) is 6.27. The first-order chi connectivity index (χ1) is 13.2. The zero-order valence-electron chi connectivity index (χ0n) is 14.7. The smallest absolute Gasteiger partial charge is 0.311 e. The summed E-state index contributed by atoms with van der Waals surface area (Å²) in [5.74, 6) is -0.587. The molecule has 0 unspecified atom stereocenters. The number of anilines is 1. The molecule has 0 spiro atoms. The number of carbonyl (C=O) groups excluding carboxylic acids is 1. The van der Waals surface area contributed by atoms with E-state index in [9.17, 15) is 9.18 Å². The largest absolute Gasteiger partial charge is 0.466 e. The number of hydrogen-bond donors (Lipinski definition) is 1. The molecule has 7 heteroatoms. The highest BCUT2D eigenvalue weighted by Crippen LogP contribution is 2.23. The van der Waals surface area contributed by atoms with E-state index in [-0.39, 0.29) is 18.2 Å². The molecule has 2 aromatic carbocycles. The lowest BCUT2D eigenvalue weighted by atomic mass is 10.0. The molecule has 0 atom stereocenters. The van der Waals surface area contributed by atoms with Crippen LogP contribution in [0.15, 0.2) is 59.0 Å². The number of benzene rings is 2. The molecule has 0 saturated heterocycles. The topological polar surface area (TPSA) is 63.6 Å². The average Bonchev–Trinajstić information content (AvgIpc) is 3.09. The number of ether oxygens (including phenoxy) is 1. The Morgan fingerprint density at radius 3 is 2.96 bits per heavy atom. The minimum absolute atomic E-state index is 0.137. The maximum absolute atomic E-state index is 13.5. The summed E-state index contributed by atoms with van der Waals surface area (Å²) in [6.45, 7) is 2.12. The summed E-state index contributed by atoms with van der Waals surface area (Å²) in [6.07, 6.45) is 1.80. The highest BCUT2D eigenvalue weighted by Gasteiger charge is 2.08. The Morgan fingerprint density at radius 1 is 1.30 bits per heavy atom. The lowest BCUT2D eigenvalue weighted by Gasteiger charge is -2.06. The summed E-state index contributed by atoms with van der Waals surface area (Å²) in [4.78, 5) is 15.8. The van der Waals surface area contributed by atoms with Gasteiger partial charge >= 0.3 is 5.97 Å². The van der Waals surface area contributed by atoms with Crippen LogP contribution in [0.3, 0.4) is 0 Å². The molecule has 3 aromatic rings. The molecule has 0 aliphatic heterocycles. The molecule has 1 N–H and O–H groups in total. The van der Waals surface area contributed by atoms with Gasteiger partial charge in [0.25, 0.3) is 0 Å². The van der Waals surface area contributed by atoms with E-state index in [0.717, 1.165) is 16.7 Å². The van der Waals surface area contributed by atoms with Gasteiger partial charge in [-0.25, -0.2) is 9.37 Å². The molecular weight excluding hydrogens is 365 g/mol. The zero-order chi connectivity index (χ0) is 19.1. The number of thiazole rings is 1. The lowest BCUT2D eigenvalue weighted by Crippen LogP contribution is -2.07. The molecule has 0 fully saturated rings. The molecule has 0 aliphatic rings. The van der Waals surface area contributed by atoms with E-state index in [1.807, 2.05) is 30.3 Å². The Labute approximate surface area is 160 Å². The molecule has 0 radical (unpaired) electrons. The molecule has 1 aromatic heterocycles. The Morgan fingerprint density at radius 2 is 2.15 bits per heavy atom. The van der Waals surface area contributed by atoms with Gasteiger partial charge in [0.15, 0.2) is 0 Å². The zero-order valence-corrected chi connectivity index (χ0v) is 15.5. The van der Waals surface area contributed by atoms with Crippen LogP contribution in [0.5, 0.6) is 0 Å². The van der Waals surface area contributed by atoms with Crippen molar-refractivity contribution in [1.29, 1.82) is 0 Å². The van der Waals surface area contributed by atoms with Crippen LogP contribution in [0.4, 0.5) is 9.52 Å². The monoisotopic (exact) mass is 383 g/mol. The van der Waals surface area contributed by atoms with Crippen LogP contribution in [0.25, 0.3) is 11.1 Å². The number of halogens is 1. The van der Waals surface area contributed by atoms with Gasteiger partial charge in [-0.3, -0.25) is 10.2 Å². The Bertz CT molecular complexity index is 956. The Balaban J connectivity index is 1.69. The summed E-state index contributed by atoms with van der Waals surface area (Å²) < 4.78 is 18.4. The number of rotatable bonds is 7. The van der Waals surface area contributed by atoms with Crippen LogP contribution in [-0.2, 0) is 16.0 Å². The number of esters is 1.